The van der Waals surface area contributed by atoms with Crippen LogP contribution in [0.15, 0.2) is 42.0 Å². The van der Waals surface area contributed by atoms with Gasteiger partial charge in [0.05, 0.1) is 5.69 Å². The Kier molecular flexibility index (Phi) is 3.59. The average Bonchev–Trinajstić information content (AvgIpc) is 2.91. The van der Waals surface area contributed by atoms with Gasteiger partial charge in [0.2, 0.25) is 0 Å². The number of thiazole rings is 1. The summed E-state index contributed by atoms with van der Waals surface area (Å²) in [6.07, 6.45) is 4.10. The van der Waals surface area contributed by atoms with Gasteiger partial charge in [0.15, 0.2) is 4.96 Å². The van der Waals surface area contributed by atoms with Crippen molar-refractivity contribution in [3.05, 3.63) is 47.6 Å². The predicted octanol–water partition coefficient (Wildman–Crippen LogP) is 4.40. The first-order valence-corrected chi connectivity index (χ1v) is 6.70. The largest absolute Gasteiger partial charge is 0.297 e. The highest BCUT2D eigenvalue weighted by Crippen LogP contribution is 2.21. The van der Waals surface area contributed by atoms with Gasteiger partial charge >= 0.3 is 0 Å². The van der Waals surface area contributed by atoms with Crippen molar-refractivity contribution in [3.8, 4) is 11.3 Å². The quantitative estimate of drug-likeness (QED) is 0.620. The maximum absolute atomic E-state index is 4.57. The van der Waals surface area contributed by atoms with Crippen LogP contribution in [-0.4, -0.2) is 9.38 Å². The summed E-state index contributed by atoms with van der Waals surface area (Å²) in [4.78, 5) is 5.61. The van der Waals surface area contributed by atoms with E-state index >= 15 is 0 Å². The van der Waals surface area contributed by atoms with Crippen LogP contribution in [0, 0.1) is 6.92 Å². The van der Waals surface area contributed by atoms with Gasteiger partial charge < -0.3 is 0 Å². The van der Waals surface area contributed by atoms with Crippen molar-refractivity contribution in [2.75, 3.05) is 0 Å². The zero-order chi connectivity index (χ0) is 12.3. The lowest BCUT2D eigenvalue weighted by atomic mass is 10.1. The topological polar surface area (TPSA) is 17.3 Å². The second kappa shape index (κ2) is 5.15. The van der Waals surface area contributed by atoms with Gasteiger partial charge in [-0.1, -0.05) is 37.6 Å². The van der Waals surface area contributed by atoms with Crippen LogP contribution in [0.2, 0.25) is 0 Å². The molecule has 3 rings (SSSR count). The fraction of sp³-hybridized carbons (Fsp3) is 0.214. The van der Waals surface area contributed by atoms with Crippen LogP contribution in [-0.2, 0) is 0 Å². The predicted molar refractivity (Wildman–Crippen MR) is 74.6 cm³/mol. The lowest BCUT2D eigenvalue weighted by molar-refractivity contribution is 1.23. The molecule has 0 N–H and O–H groups in total. The Morgan fingerprint density at radius 1 is 1.24 bits per heavy atom. The van der Waals surface area contributed by atoms with Crippen molar-refractivity contribution in [2.24, 2.45) is 0 Å². The van der Waals surface area contributed by atoms with E-state index in [4.69, 9.17) is 0 Å². The van der Waals surface area contributed by atoms with Crippen molar-refractivity contribution in [2.45, 2.75) is 20.8 Å². The third-order valence-corrected chi connectivity index (χ3v) is 3.18. The molecule has 2 aromatic heterocycles. The van der Waals surface area contributed by atoms with E-state index in [1.54, 1.807) is 11.3 Å². The molecule has 0 amide bonds. The summed E-state index contributed by atoms with van der Waals surface area (Å²) in [5.41, 5.74) is 3.50. The highest BCUT2D eigenvalue weighted by atomic mass is 32.1. The highest BCUT2D eigenvalue weighted by molar-refractivity contribution is 7.15. The molecule has 0 saturated heterocycles. The van der Waals surface area contributed by atoms with E-state index in [1.807, 2.05) is 25.4 Å². The molecule has 0 aliphatic heterocycles. The highest BCUT2D eigenvalue weighted by Gasteiger charge is 2.04. The molecule has 0 fully saturated rings. The van der Waals surface area contributed by atoms with E-state index < -0.39 is 0 Å². The number of fused-ring (bicyclic) bond motifs is 1. The molecular weight excluding hydrogens is 228 g/mol. The van der Waals surface area contributed by atoms with Crippen molar-refractivity contribution in [3.63, 3.8) is 0 Å². The summed E-state index contributed by atoms with van der Waals surface area (Å²) in [5.74, 6) is 0. The molecule has 0 bridgehead atoms. The monoisotopic (exact) mass is 244 g/mol. The molecule has 2 nitrogen and oxygen atoms in total. The van der Waals surface area contributed by atoms with Crippen molar-refractivity contribution in [1.29, 1.82) is 0 Å². The van der Waals surface area contributed by atoms with Crippen molar-refractivity contribution < 1.29 is 0 Å². The molecule has 3 heteroatoms. The number of aromatic nitrogens is 2. The van der Waals surface area contributed by atoms with E-state index in [2.05, 4.69) is 46.8 Å². The van der Waals surface area contributed by atoms with Crippen LogP contribution in [0.3, 0.4) is 0 Å². The van der Waals surface area contributed by atoms with E-state index in [-0.39, 0.29) is 0 Å². The molecule has 3 aromatic rings. The first-order valence-electron chi connectivity index (χ1n) is 5.82. The molecule has 1 aromatic carbocycles. The maximum Gasteiger partial charge on any atom is 0.194 e. The van der Waals surface area contributed by atoms with Crippen molar-refractivity contribution >= 4 is 16.3 Å². The maximum atomic E-state index is 4.57. The van der Waals surface area contributed by atoms with E-state index in [0.717, 1.165) is 10.7 Å². The minimum absolute atomic E-state index is 1.05. The summed E-state index contributed by atoms with van der Waals surface area (Å²) >= 11 is 1.66. The molecule has 0 saturated carbocycles. The second-order valence-corrected chi connectivity index (χ2v) is 4.46. The molecule has 0 aliphatic carbocycles. The van der Waals surface area contributed by atoms with Gasteiger partial charge in [-0.2, -0.15) is 0 Å². The van der Waals surface area contributed by atoms with Gasteiger partial charge in [0.1, 0.15) is 0 Å². The zero-order valence-electron chi connectivity index (χ0n) is 10.3. The third-order valence-electron chi connectivity index (χ3n) is 2.41. The fourth-order valence-electron chi connectivity index (χ4n) is 1.67. The lowest BCUT2D eigenvalue weighted by Gasteiger charge is -1.96. The number of benzene rings is 1. The number of rotatable bonds is 1. The molecule has 0 spiro atoms. The minimum Gasteiger partial charge on any atom is -0.297 e. The summed E-state index contributed by atoms with van der Waals surface area (Å²) in [6, 6.07) is 8.42. The number of hydrogen-bond donors (Lipinski definition) is 0. The Morgan fingerprint density at radius 2 is 2.06 bits per heavy atom. The van der Waals surface area contributed by atoms with Crippen LogP contribution in [0.1, 0.15) is 19.4 Å². The lowest BCUT2D eigenvalue weighted by Crippen LogP contribution is -1.78. The standard InChI is InChI=1S/C12H10N2S.C2H6/c1-9-3-2-4-10(7-9)11-8-14-5-6-15-12(14)13-11;1-2/h2-8H,1H3;1-2H3. The number of imidazole rings is 1. The van der Waals surface area contributed by atoms with Crippen LogP contribution in [0.4, 0.5) is 0 Å². The Labute approximate surface area is 106 Å². The van der Waals surface area contributed by atoms with Gasteiger partial charge in [0.25, 0.3) is 0 Å². The normalized spacial score (nSPS) is 10.1. The van der Waals surface area contributed by atoms with Gasteiger partial charge in [-0.15, -0.1) is 11.3 Å². The molecule has 0 aliphatic rings. The Hall–Kier alpha value is -1.61. The second-order valence-electron chi connectivity index (χ2n) is 3.59. The van der Waals surface area contributed by atoms with Crippen molar-refractivity contribution in [1.82, 2.24) is 9.38 Å². The smallest absolute Gasteiger partial charge is 0.194 e. The number of hydrogen-bond acceptors (Lipinski definition) is 2. The van der Waals surface area contributed by atoms with Gasteiger partial charge in [-0.25, -0.2) is 4.98 Å². The fourth-order valence-corrected chi connectivity index (χ4v) is 2.37. The molecule has 2 heterocycles. The summed E-state index contributed by atoms with van der Waals surface area (Å²) in [6.45, 7) is 6.10. The van der Waals surface area contributed by atoms with Crippen LogP contribution >= 0.6 is 11.3 Å². The molecule has 0 atom stereocenters. The first-order chi connectivity index (χ1) is 8.33. The Balaban J connectivity index is 0.000000514. The summed E-state index contributed by atoms with van der Waals surface area (Å²) < 4.78 is 2.06. The summed E-state index contributed by atoms with van der Waals surface area (Å²) in [5, 5.41) is 2.04. The molecule has 0 radical (unpaired) electrons. The number of aryl methyl sites for hydroxylation is 1. The summed E-state index contributed by atoms with van der Waals surface area (Å²) in [7, 11) is 0. The van der Waals surface area contributed by atoms with Crippen LogP contribution in [0.25, 0.3) is 16.2 Å². The van der Waals surface area contributed by atoms with Gasteiger partial charge in [-0.3, -0.25) is 4.40 Å². The molecule has 17 heavy (non-hydrogen) atoms. The van der Waals surface area contributed by atoms with E-state index in [1.165, 1.54) is 11.1 Å². The molecular formula is C14H16N2S. The Morgan fingerprint density at radius 3 is 2.76 bits per heavy atom. The zero-order valence-corrected chi connectivity index (χ0v) is 11.2. The van der Waals surface area contributed by atoms with Gasteiger partial charge in [-0.05, 0) is 13.0 Å². The average molecular weight is 244 g/mol. The molecule has 0 unspecified atom stereocenters. The third kappa shape index (κ3) is 2.39. The number of nitrogens with zero attached hydrogens (tertiary/aromatic N) is 2. The van der Waals surface area contributed by atoms with Crippen LogP contribution < -0.4 is 0 Å². The Bertz CT molecular complexity index is 579. The minimum atomic E-state index is 1.05. The van der Waals surface area contributed by atoms with E-state index in [0.29, 0.717) is 0 Å². The first kappa shape index (κ1) is 11.9. The SMILES string of the molecule is CC.Cc1cccc(-c2cn3ccsc3n2)c1. The van der Waals surface area contributed by atoms with Crippen LogP contribution in [0.5, 0.6) is 0 Å². The van der Waals surface area contributed by atoms with E-state index in [9.17, 15) is 0 Å². The molecule has 88 valence electrons. The van der Waals surface area contributed by atoms with Gasteiger partial charge in [0, 0.05) is 23.3 Å².